The smallest absolute Gasteiger partial charge is 0.252 e. The molecule has 0 radical (unpaired) electrons. The van der Waals surface area contributed by atoms with Crippen molar-refractivity contribution in [2.75, 3.05) is 19.6 Å². The molecule has 0 spiro atoms. The van der Waals surface area contributed by atoms with E-state index >= 15 is 0 Å². The van der Waals surface area contributed by atoms with Crippen molar-refractivity contribution in [1.82, 2.24) is 15.5 Å². The van der Waals surface area contributed by atoms with Gasteiger partial charge in [-0.3, -0.25) is 14.4 Å². The third-order valence-electron chi connectivity index (χ3n) is 4.21. The molecule has 3 amide bonds. The number of nitrogens with one attached hydrogen (secondary N) is 2. The Bertz CT molecular complexity index is 600. The van der Waals surface area contributed by atoms with Crippen LogP contribution in [0.25, 0.3) is 0 Å². The summed E-state index contributed by atoms with van der Waals surface area (Å²) in [6, 6.07) is 1.86. The molecule has 138 valence electrons. The van der Waals surface area contributed by atoms with E-state index in [2.05, 4.69) is 10.6 Å². The molecule has 0 bridgehead atoms. The molecule has 0 unspecified atom stereocenters. The molecule has 2 heterocycles. The zero-order valence-electron chi connectivity index (χ0n) is 15.1. The topological polar surface area (TPSA) is 78.5 Å². The molecule has 0 atom stereocenters. The summed E-state index contributed by atoms with van der Waals surface area (Å²) in [5.41, 5.74) is 0.262. The summed E-state index contributed by atoms with van der Waals surface area (Å²) in [6.07, 6.45) is 1.81. The first kappa shape index (κ1) is 19.4. The zero-order valence-corrected chi connectivity index (χ0v) is 15.9. The Morgan fingerprint density at radius 3 is 2.48 bits per heavy atom. The highest BCUT2D eigenvalue weighted by Gasteiger charge is 2.30. The van der Waals surface area contributed by atoms with Crippen molar-refractivity contribution in [1.29, 1.82) is 0 Å². The molecule has 1 fully saturated rings. The van der Waals surface area contributed by atoms with Crippen LogP contribution in [0.3, 0.4) is 0 Å². The van der Waals surface area contributed by atoms with Crippen LogP contribution in [0.5, 0.6) is 0 Å². The van der Waals surface area contributed by atoms with Crippen molar-refractivity contribution < 1.29 is 14.4 Å². The summed E-state index contributed by atoms with van der Waals surface area (Å²) in [6.45, 7) is 7.45. The molecule has 6 nitrogen and oxygen atoms in total. The molecule has 1 aromatic rings. The molecular formula is C18H27N3O3S. The first-order valence-corrected chi connectivity index (χ1v) is 9.61. The van der Waals surface area contributed by atoms with E-state index in [-0.39, 0.29) is 35.6 Å². The normalized spacial score (nSPS) is 15.7. The summed E-state index contributed by atoms with van der Waals surface area (Å²) in [4.78, 5) is 37.9. The highest BCUT2D eigenvalue weighted by Crippen LogP contribution is 2.21. The van der Waals surface area contributed by atoms with Gasteiger partial charge in [-0.25, -0.2) is 0 Å². The first-order chi connectivity index (χ1) is 11.8. The fourth-order valence-corrected chi connectivity index (χ4v) is 3.42. The minimum atomic E-state index is -0.364. The van der Waals surface area contributed by atoms with Crippen molar-refractivity contribution in [3.63, 3.8) is 0 Å². The molecule has 1 aliphatic heterocycles. The van der Waals surface area contributed by atoms with E-state index < -0.39 is 0 Å². The highest BCUT2D eigenvalue weighted by molar-refractivity contribution is 7.08. The molecule has 0 saturated carbocycles. The Hall–Kier alpha value is -1.89. The van der Waals surface area contributed by atoms with Gasteiger partial charge in [-0.2, -0.15) is 11.3 Å². The maximum atomic E-state index is 12.3. The number of rotatable bonds is 5. The third-order valence-corrected chi connectivity index (χ3v) is 4.89. The van der Waals surface area contributed by atoms with E-state index in [0.29, 0.717) is 25.2 Å². The third kappa shape index (κ3) is 5.85. The number of carbonyl (C=O) groups excluding carboxylic acids is 3. The van der Waals surface area contributed by atoms with Crippen LogP contribution in [0.2, 0.25) is 0 Å². The van der Waals surface area contributed by atoms with Crippen LogP contribution >= 0.6 is 11.3 Å². The van der Waals surface area contributed by atoms with Gasteiger partial charge in [-0.15, -0.1) is 0 Å². The van der Waals surface area contributed by atoms with Crippen molar-refractivity contribution in [2.45, 2.75) is 46.1 Å². The number of piperidine rings is 1. The maximum Gasteiger partial charge on any atom is 0.252 e. The van der Waals surface area contributed by atoms with Crippen LogP contribution < -0.4 is 10.6 Å². The van der Waals surface area contributed by atoms with E-state index in [1.165, 1.54) is 11.3 Å². The van der Waals surface area contributed by atoms with E-state index in [1.807, 2.05) is 31.1 Å². The molecule has 1 saturated heterocycles. The van der Waals surface area contributed by atoms with Crippen molar-refractivity contribution in [2.24, 2.45) is 5.41 Å². The molecule has 7 heteroatoms. The summed E-state index contributed by atoms with van der Waals surface area (Å²) in [5, 5.41) is 9.37. The Morgan fingerprint density at radius 1 is 1.24 bits per heavy atom. The Morgan fingerprint density at radius 2 is 1.92 bits per heavy atom. The van der Waals surface area contributed by atoms with Crippen molar-refractivity contribution >= 4 is 29.1 Å². The lowest BCUT2D eigenvalue weighted by atomic mass is 9.93. The van der Waals surface area contributed by atoms with E-state index in [1.54, 1.807) is 11.4 Å². The van der Waals surface area contributed by atoms with E-state index in [9.17, 15) is 14.4 Å². The molecule has 1 aromatic heterocycles. The highest BCUT2D eigenvalue weighted by atomic mass is 32.1. The number of nitrogens with zero attached hydrogens (tertiary/aromatic N) is 1. The molecule has 0 aromatic carbocycles. The summed E-state index contributed by atoms with van der Waals surface area (Å²) in [7, 11) is 0. The number of hydrogen-bond donors (Lipinski definition) is 2. The van der Waals surface area contributed by atoms with Gasteiger partial charge in [0.2, 0.25) is 11.8 Å². The molecule has 0 aliphatic carbocycles. The quantitative estimate of drug-likeness (QED) is 0.838. The number of amides is 3. The minimum Gasteiger partial charge on any atom is -0.353 e. The lowest BCUT2D eigenvalue weighted by molar-refractivity contribution is -0.140. The second-order valence-corrected chi connectivity index (χ2v) is 8.18. The van der Waals surface area contributed by atoms with Crippen LogP contribution in [-0.2, 0) is 9.59 Å². The summed E-state index contributed by atoms with van der Waals surface area (Å²) in [5.74, 6) is -0.0531. The van der Waals surface area contributed by atoms with Gasteiger partial charge >= 0.3 is 0 Å². The van der Waals surface area contributed by atoms with Gasteiger partial charge < -0.3 is 15.5 Å². The Labute approximate surface area is 153 Å². The molecule has 1 aliphatic rings. The van der Waals surface area contributed by atoms with Crippen LogP contribution in [-0.4, -0.2) is 48.3 Å². The molecule has 2 rings (SSSR count). The van der Waals surface area contributed by atoms with E-state index in [4.69, 9.17) is 0 Å². The SMILES string of the molecule is CC(C)(C)C(=O)N1CCC(NC(=O)CCNC(=O)c2ccsc2)CC1. The molecular weight excluding hydrogens is 338 g/mol. The van der Waals surface area contributed by atoms with Gasteiger partial charge in [0, 0.05) is 48.5 Å². The number of thiophene rings is 1. The monoisotopic (exact) mass is 365 g/mol. The first-order valence-electron chi connectivity index (χ1n) is 8.66. The Balaban J connectivity index is 1.65. The number of likely N-dealkylation sites (tertiary alicyclic amines) is 1. The Kier molecular flexibility index (Phi) is 6.58. The largest absolute Gasteiger partial charge is 0.353 e. The summed E-state index contributed by atoms with van der Waals surface area (Å²) < 4.78 is 0. The van der Waals surface area contributed by atoms with Crippen LogP contribution in [0.4, 0.5) is 0 Å². The fraction of sp³-hybridized carbons (Fsp3) is 0.611. The lowest BCUT2D eigenvalue weighted by Crippen LogP contribution is -2.49. The molecule has 25 heavy (non-hydrogen) atoms. The van der Waals surface area contributed by atoms with Gasteiger partial charge in [0.15, 0.2) is 0 Å². The van der Waals surface area contributed by atoms with Gasteiger partial charge in [0.05, 0.1) is 0 Å². The van der Waals surface area contributed by atoms with Gasteiger partial charge in [0.1, 0.15) is 0 Å². The maximum absolute atomic E-state index is 12.3. The van der Waals surface area contributed by atoms with E-state index in [0.717, 1.165) is 12.8 Å². The predicted octanol–water partition coefficient (Wildman–Crippen LogP) is 2.02. The minimum absolute atomic E-state index is 0.0637. The number of carbonyl (C=O) groups is 3. The lowest BCUT2D eigenvalue weighted by Gasteiger charge is -2.36. The van der Waals surface area contributed by atoms with Crippen LogP contribution in [0.1, 0.15) is 50.4 Å². The molecule has 2 N–H and O–H groups in total. The average Bonchev–Trinajstić information content (AvgIpc) is 3.08. The average molecular weight is 365 g/mol. The van der Waals surface area contributed by atoms with Crippen molar-refractivity contribution in [3.8, 4) is 0 Å². The predicted molar refractivity (Wildman–Crippen MR) is 98.5 cm³/mol. The zero-order chi connectivity index (χ0) is 18.4. The van der Waals surface area contributed by atoms with Crippen LogP contribution in [0, 0.1) is 5.41 Å². The second-order valence-electron chi connectivity index (χ2n) is 7.40. The van der Waals surface area contributed by atoms with Gasteiger partial charge in [-0.05, 0) is 24.3 Å². The standard InChI is InChI=1S/C18H27N3O3S/c1-18(2,3)17(24)21-9-5-14(6-10-21)20-15(22)4-8-19-16(23)13-7-11-25-12-13/h7,11-12,14H,4-6,8-10H2,1-3H3,(H,19,23)(H,20,22). The number of hydrogen-bond acceptors (Lipinski definition) is 4. The van der Waals surface area contributed by atoms with Crippen LogP contribution in [0.15, 0.2) is 16.8 Å². The second kappa shape index (κ2) is 8.47. The van der Waals surface area contributed by atoms with Gasteiger partial charge in [0.25, 0.3) is 5.91 Å². The van der Waals surface area contributed by atoms with Gasteiger partial charge in [-0.1, -0.05) is 20.8 Å². The fourth-order valence-electron chi connectivity index (χ4n) is 2.79. The summed E-state index contributed by atoms with van der Waals surface area (Å²) >= 11 is 1.47. The van der Waals surface area contributed by atoms with Crippen molar-refractivity contribution in [3.05, 3.63) is 22.4 Å².